The molecule has 92 valence electrons. The summed E-state index contributed by atoms with van der Waals surface area (Å²) in [5.74, 6) is -1.61. The molecule has 0 aliphatic heterocycles. The van der Waals surface area contributed by atoms with Crippen LogP contribution in [0.25, 0.3) is 11.4 Å². The molecule has 1 heterocycles. The van der Waals surface area contributed by atoms with E-state index in [0.29, 0.717) is 0 Å². The lowest BCUT2D eigenvalue weighted by atomic mass is 10.1. The minimum Gasteiger partial charge on any atom is -0.478 e. The van der Waals surface area contributed by atoms with E-state index in [2.05, 4.69) is 9.97 Å². The molecule has 1 N–H and O–H groups in total. The summed E-state index contributed by atoms with van der Waals surface area (Å²) in [6.07, 6.45) is 1.14. The van der Waals surface area contributed by atoms with Crippen molar-refractivity contribution < 1.29 is 14.3 Å². The van der Waals surface area contributed by atoms with Crippen LogP contribution < -0.4 is 0 Å². The highest BCUT2D eigenvalue weighted by molar-refractivity contribution is 6.33. The predicted octanol–water partition coefficient (Wildman–Crippen LogP) is 2.94. The van der Waals surface area contributed by atoms with E-state index in [1.807, 2.05) is 0 Å². The molecule has 0 spiro atoms. The number of halogens is 2. The van der Waals surface area contributed by atoms with Crippen molar-refractivity contribution in [3.05, 3.63) is 46.5 Å². The average Bonchev–Trinajstić information content (AvgIpc) is 2.28. The molecule has 0 fully saturated rings. The molecule has 0 saturated heterocycles. The van der Waals surface area contributed by atoms with Crippen molar-refractivity contribution in [3.63, 3.8) is 0 Å². The molecule has 0 aliphatic carbocycles. The Bertz CT molecular complexity index is 611. The fourth-order valence-corrected chi connectivity index (χ4v) is 1.76. The normalized spacial score (nSPS) is 10.4. The van der Waals surface area contributed by atoms with Gasteiger partial charge in [0, 0.05) is 6.20 Å². The van der Waals surface area contributed by atoms with Crippen LogP contribution in [-0.4, -0.2) is 21.0 Å². The standard InChI is InChI=1S/C12H8ClFN2O2/c1-6-7(12(17)18)5-15-11(16-6)10-8(13)3-2-4-9(10)14/h2-5H,1H3,(H,17,18). The van der Waals surface area contributed by atoms with E-state index in [4.69, 9.17) is 16.7 Å². The fraction of sp³-hybridized carbons (Fsp3) is 0.0833. The third-order valence-corrected chi connectivity index (χ3v) is 2.71. The molecule has 0 amide bonds. The summed E-state index contributed by atoms with van der Waals surface area (Å²) >= 11 is 5.88. The highest BCUT2D eigenvalue weighted by Crippen LogP contribution is 2.28. The Morgan fingerprint density at radius 3 is 2.72 bits per heavy atom. The Labute approximate surface area is 107 Å². The van der Waals surface area contributed by atoms with Gasteiger partial charge in [0.05, 0.1) is 21.8 Å². The summed E-state index contributed by atoms with van der Waals surface area (Å²) < 4.78 is 13.6. The van der Waals surface area contributed by atoms with Crippen LogP contribution in [0, 0.1) is 12.7 Å². The van der Waals surface area contributed by atoms with Gasteiger partial charge in [-0.15, -0.1) is 0 Å². The van der Waals surface area contributed by atoms with Crippen LogP contribution in [-0.2, 0) is 0 Å². The van der Waals surface area contributed by atoms with E-state index in [1.165, 1.54) is 25.1 Å². The van der Waals surface area contributed by atoms with Gasteiger partial charge in [-0.25, -0.2) is 19.2 Å². The molecule has 6 heteroatoms. The Kier molecular flexibility index (Phi) is 3.25. The monoisotopic (exact) mass is 266 g/mol. The van der Waals surface area contributed by atoms with Crippen molar-refractivity contribution >= 4 is 17.6 Å². The van der Waals surface area contributed by atoms with Crippen molar-refractivity contribution in [1.29, 1.82) is 0 Å². The van der Waals surface area contributed by atoms with Crippen LogP contribution >= 0.6 is 11.6 Å². The van der Waals surface area contributed by atoms with Crippen LogP contribution in [0.15, 0.2) is 24.4 Å². The highest BCUT2D eigenvalue weighted by atomic mass is 35.5. The van der Waals surface area contributed by atoms with Gasteiger partial charge in [-0.05, 0) is 19.1 Å². The number of nitrogens with zero attached hydrogens (tertiary/aromatic N) is 2. The number of carboxylic acid groups (broad SMARTS) is 1. The minimum atomic E-state index is -1.13. The van der Waals surface area contributed by atoms with E-state index in [9.17, 15) is 9.18 Å². The maximum Gasteiger partial charge on any atom is 0.339 e. The third-order valence-electron chi connectivity index (χ3n) is 2.40. The van der Waals surface area contributed by atoms with Crippen molar-refractivity contribution in [2.45, 2.75) is 6.92 Å². The average molecular weight is 267 g/mol. The van der Waals surface area contributed by atoms with Gasteiger partial charge in [0.25, 0.3) is 0 Å². The SMILES string of the molecule is Cc1nc(-c2c(F)cccc2Cl)ncc1C(=O)O. The molecular weight excluding hydrogens is 259 g/mol. The number of carbonyl (C=O) groups is 1. The van der Waals surface area contributed by atoms with Gasteiger partial charge in [-0.3, -0.25) is 0 Å². The molecule has 0 bridgehead atoms. The van der Waals surface area contributed by atoms with E-state index >= 15 is 0 Å². The summed E-state index contributed by atoms with van der Waals surface area (Å²) in [7, 11) is 0. The second-order valence-electron chi connectivity index (χ2n) is 3.59. The van der Waals surface area contributed by atoms with Crippen LogP contribution in [0.5, 0.6) is 0 Å². The van der Waals surface area contributed by atoms with Crippen molar-refractivity contribution in [1.82, 2.24) is 9.97 Å². The quantitative estimate of drug-likeness (QED) is 0.908. The number of aromatic carboxylic acids is 1. The van der Waals surface area contributed by atoms with Gasteiger partial charge in [-0.1, -0.05) is 17.7 Å². The second-order valence-corrected chi connectivity index (χ2v) is 4.00. The summed E-state index contributed by atoms with van der Waals surface area (Å²) in [4.78, 5) is 18.6. The zero-order chi connectivity index (χ0) is 13.3. The van der Waals surface area contributed by atoms with Crippen LogP contribution in [0.2, 0.25) is 5.02 Å². The molecule has 4 nitrogen and oxygen atoms in total. The molecule has 2 aromatic rings. The number of rotatable bonds is 2. The van der Waals surface area contributed by atoms with Crippen LogP contribution in [0.3, 0.4) is 0 Å². The van der Waals surface area contributed by atoms with Crippen LogP contribution in [0.1, 0.15) is 16.1 Å². The van der Waals surface area contributed by atoms with E-state index in [-0.39, 0.29) is 27.7 Å². The van der Waals surface area contributed by atoms with Gasteiger partial charge >= 0.3 is 5.97 Å². The van der Waals surface area contributed by atoms with E-state index in [1.54, 1.807) is 0 Å². The zero-order valence-electron chi connectivity index (χ0n) is 9.32. The van der Waals surface area contributed by atoms with Crippen molar-refractivity contribution in [2.75, 3.05) is 0 Å². The smallest absolute Gasteiger partial charge is 0.339 e. The fourth-order valence-electron chi connectivity index (χ4n) is 1.51. The maximum atomic E-state index is 13.6. The molecule has 0 atom stereocenters. The van der Waals surface area contributed by atoms with E-state index < -0.39 is 11.8 Å². The number of benzene rings is 1. The number of aryl methyl sites for hydroxylation is 1. The van der Waals surface area contributed by atoms with Gasteiger partial charge < -0.3 is 5.11 Å². The molecule has 0 radical (unpaired) electrons. The molecule has 0 aliphatic rings. The molecule has 0 unspecified atom stereocenters. The minimum absolute atomic E-state index is 0.0220. The lowest BCUT2D eigenvalue weighted by Gasteiger charge is -2.06. The number of hydrogen-bond acceptors (Lipinski definition) is 3. The summed E-state index contributed by atoms with van der Waals surface area (Å²) in [6.45, 7) is 1.52. The summed E-state index contributed by atoms with van der Waals surface area (Å²) in [6, 6.07) is 4.23. The first kappa shape index (κ1) is 12.4. The van der Waals surface area contributed by atoms with Gasteiger partial charge in [0.15, 0.2) is 5.82 Å². The molecule has 2 rings (SSSR count). The van der Waals surface area contributed by atoms with Crippen molar-refractivity contribution in [3.8, 4) is 11.4 Å². The number of carboxylic acids is 1. The maximum absolute atomic E-state index is 13.6. The predicted molar refractivity (Wildman–Crippen MR) is 64.1 cm³/mol. The Morgan fingerprint density at radius 1 is 1.44 bits per heavy atom. The largest absolute Gasteiger partial charge is 0.478 e. The third kappa shape index (κ3) is 2.17. The van der Waals surface area contributed by atoms with Crippen molar-refractivity contribution in [2.24, 2.45) is 0 Å². The first-order chi connectivity index (χ1) is 8.50. The lowest BCUT2D eigenvalue weighted by molar-refractivity contribution is 0.0695. The van der Waals surface area contributed by atoms with Gasteiger partial charge in [0.2, 0.25) is 0 Å². The first-order valence-corrected chi connectivity index (χ1v) is 5.40. The Morgan fingerprint density at radius 2 is 2.17 bits per heavy atom. The summed E-state index contributed by atoms with van der Waals surface area (Å²) in [5, 5.41) is 9.03. The lowest BCUT2D eigenvalue weighted by Crippen LogP contribution is -2.05. The van der Waals surface area contributed by atoms with Crippen LogP contribution in [0.4, 0.5) is 4.39 Å². The van der Waals surface area contributed by atoms with Gasteiger partial charge in [0.1, 0.15) is 5.82 Å². The van der Waals surface area contributed by atoms with Gasteiger partial charge in [-0.2, -0.15) is 0 Å². The summed E-state index contributed by atoms with van der Waals surface area (Å²) in [5.41, 5.74) is 0.303. The zero-order valence-corrected chi connectivity index (χ0v) is 10.1. The number of aromatic nitrogens is 2. The number of hydrogen-bond donors (Lipinski definition) is 1. The molecule has 0 saturated carbocycles. The molecule has 18 heavy (non-hydrogen) atoms. The molecular formula is C12H8ClFN2O2. The Balaban J connectivity index is 2.59. The van der Waals surface area contributed by atoms with E-state index in [0.717, 1.165) is 6.20 Å². The Hall–Kier alpha value is -2.01. The molecule has 1 aromatic heterocycles. The second kappa shape index (κ2) is 4.70. The highest BCUT2D eigenvalue weighted by Gasteiger charge is 2.15. The topological polar surface area (TPSA) is 63.1 Å². The first-order valence-electron chi connectivity index (χ1n) is 5.02. The molecule has 1 aromatic carbocycles.